The first-order valence-corrected chi connectivity index (χ1v) is 8.13. The smallest absolute Gasteiger partial charge is 0.171 e. The van der Waals surface area contributed by atoms with Crippen LogP contribution < -0.4 is 4.90 Å². The van der Waals surface area contributed by atoms with Crippen LogP contribution in [0.25, 0.3) is 11.0 Å². The van der Waals surface area contributed by atoms with Crippen molar-refractivity contribution in [1.29, 1.82) is 0 Å². The predicted molar refractivity (Wildman–Crippen MR) is 86.0 cm³/mol. The number of fused-ring (bicyclic) bond motifs is 2. The average molecular weight is 325 g/mol. The molecular formula is C13H16FN5S2. The number of aromatic nitrogens is 3. The molecule has 2 aliphatic heterocycles. The first kappa shape index (κ1) is 13.7. The van der Waals surface area contributed by atoms with Crippen LogP contribution in [0.4, 0.5) is 9.70 Å². The van der Waals surface area contributed by atoms with E-state index in [-0.39, 0.29) is 12.3 Å². The zero-order chi connectivity index (χ0) is 14.4. The molecule has 2 fully saturated rings. The van der Waals surface area contributed by atoms with Gasteiger partial charge < -0.3 is 4.90 Å². The highest BCUT2D eigenvalue weighted by Gasteiger charge is 2.36. The second kappa shape index (κ2) is 5.33. The SMILES string of the molecule is FSn1ccc2c(N3CC[C@@H]4CN(S)C[C@@H]4C3)ncnc21. The second-order valence-electron chi connectivity index (χ2n) is 5.77. The number of rotatable bonds is 2. The van der Waals surface area contributed by atoms with Gasteiger partial charge in [0.15, 0.2) is 18.0 Å². The Hall–Kier alpha value is -0.990. The molecule has 0 spiro atoms. The minimum atomic E-state index is 0.167. The van der Waals surface area contributed by atoms with E-state index >= 15 is 0 Å². The standard InChI is InChI=1S/C13H16FN5S2/c14-21-19-4-2-11-12(15-8-16-13(11)19)17-3-1-9-6-18(20)7-10(9)5-17/h2,4,8-10,20H,1,3,5-7H2/t9-,10+/m1/s1. The lowest BCUT2D eigenvalue weighted by Crippen LogP contribution is -2.40. The highest BCUT2D eigenvalue weighted by Crippen LogP contribution is 2.35. The van der Waals surface area contributed by atoms with E-state index in [4.69, 9.17) is 0 Å². The molecule has 5 nitrogen and oxygen atoms in total. The lowest BCUT2D eigenvalue weighted by molar-refractivity contribution is 0.348. The number of nitrogens with zero attached hydrogens (tertiary/aromatic N) is 5. The molecule has 8 heteroatoms. The summed E-state index contributed by atoms with van der Waals surface area (Å²) in [6, 6.07) is 1.89. The van der Waals surface area contributed by atoms with Crippen molar-refractivity contribution >= 4 is 42.0 Å². The molecule has 2 aromatic rings. The number of hydrogen-bond donors (Lipinski definition) is 1. The van der Waals surface area contributed by atoms with Crippen LogP contribution in [0.3, 0.4) is 0 Å². The Bertz CT molecular complexity index is 663. The Morgan fingerprint density at radius 1 is 1.24 bits per heavy atom. The van der Waals surface area contributed by atoms with Crippen molar-refractivity contribution in [2.75, 3.05) is 31.1 Å². The van der Waals surface area contributed by atoms with Gasteiger partial charge in [-0.1, -0.05) is 12.8 Å². The van der Waals surface area contributed by atoms with E-state index in [0.717, 1.165) is 49.7 Å². The highest BCUT2D eigenvalue weighted by atomic mass is 32.2. The van der Waals surface area contributed by atoms with E-state index < -0.39 is 0 Å². The van der Waals surface area contributed by atoms with Gasteiger partial charge in [-0.15, -0.1) is 3.89 Å². The van der Waals surface area contributed by atoms with Crippen molar-refractivity contribution in [3.05, 3.63) is 18.6 Å². The third kappa shape index (κ3) is 2.29. The van der Waals surface area contributed by atoms with Gasteiger partial charge in [0.25, 0.3) is 0 Å². The van der Waals surface area contributed by atoms with Crippen molar-refractivity contribution in [3.8, 4) is 0 Å². The molecule has 2 saturated heterocycles. The van der Waals surface area contributed by atoms with Gasteiger partial charge in [-0.05, 0) is 24.3 Å². The molecule has 0 unspecified atom stereocenters. The largest absolute Gasteiger partial charge is 0.356 e. The van der Waals surface area contributed by atoms with E-state index in [9.17, 15) is 3.89 Å². The van der Waals surface area contributed by atoms with Gasteiger partial charge in [0.1, 0.15) is 12.1 Å². The molecule has 2 aromatic heterocycles. The summed E-state index contributed by atoms with van der Waals surface area (Å²) in [5.41, 5.74) is 0.636. The van der Waals surface area contributed by atoms with Gasteiger partial charge in [0.2, 0.25) is 0 Å². The highest BCUT2D eigenvalue weighted by molar-refractivity contribution is 7.92. The second-order valence-corrected chi connectivity index (χ2v) is 6.87. The van der Waals surface area contributed by atoms with Gasteiger partial charge in [-0.3, -0.25) is 4.31 Å². The van der Waals surface area contributed by atoms with Crippen LogP contribution >= 0.6 is 25.1 Å². The summed E-state index contributed by atoms with van der Waals surface area (Å²) < 4.78 is 16.4. The predicted octanol–water partition coefficient (Wildman–Crippen LogP) is 2.42. The zero-order valence-corrected chi connectivity index (χ0v) is 13.1. The Balaban J connectivity index is 1.66. The molecule has 0 aromatic carbocycles. The van der Waals surface area contributed by atoms with Crippen molar-refractivity contribution in [3.63, 3.8) is 0 Å². The maximum Gasteiger partial charge on any atom is 0.171 e. The molecular weight excluding hydrogens is 309 g/mol. The maximum atomic E-state index is 12.9. The summed E-state index contributed by atoms with van der Waals surface area (Å²) in [6.45, 7) is 4.08. The Morgan fingerprint density at radius 2 is 2.10 bits per heavy atom. The minimum Gasteiger partial charge on any atom is -0.356 e. The fourth-order valence-corrected chi connectivity index (χ4v) is 4.30. The number of halogens is 1. The van der Waals surface area contributed by atoms with Crippen LogP contribution in [0.5, 0.6) is 0 Å². The van der Waals surface area contributed by atoms with E-state index in [1.54, 1.807) is 6.20 Å². The number of hydrogen-bond acceptors (Lipinski definition) is 6. The van der Waals surface area contributed by atoms with Crippen LogP contribution in [0.15, 0.2) is 18.6 Å². The van der Waals surface area contributed by atoms with Crippen molar-refractivity contribution in [2.24, 2.45) is 11.8 Å². The summed E-state index contributed by atoms with van der Waals surface area (Å²) in [4.78, 5) is 10.9. The molecule has 0 amide bonds. The fraction of sp³-hybridized carbons (Fsp3) is 0.538. The molecule has 0 bridgehead atoms. The van der Waals surface area contributed by atoms with E-state index in [1.165, 1.54) is 10.3 Å². The quantitative estimate of drug-likeness (QED) is 0.858. The van der Waals surface area contributed by atoms with Crippen LogP contribution in [0.2, 0.25) is 0 Å². The summed E-state index contributed by atoms with van der Waals surface area (Å²) >= 11 is 4.65. The lowest BCUT2D eigenvalue weighted by atomic mass is 9.88. The Kier molecular flexibility index (Phi) is 3.47. The first-order chi connectivity index (χ1) is 10.3. The number of piperidine rings is 1. The van der Waals surface area contributed by atoms with Crippen LogP contribution in [0, 0.1) is 11.8 Å². The summed E-state index contributed by atoms with van der Waals surface area (Å²) in [6.07, 6.45) is 4.38. The molecule has 112 valence electrons. The number of thiol groups is 1. The topological polar surface area (TPSA) is 37.2 Å². The number of anilines is 1. The van der Waals surface area contributed by atoms with E-state index in [0.29, 0.717) is 11.6 Å². The third-order valence-corrected chi connectivity index (χ3v) is 5.35. The van der Waals surface area contributed by atoms with Gasteiger partial charge in [0, 0.05) is 32.4 Å². The van der Waals surface area contributed by atoms with Crippen LogP contribution in [0.1, 0.15) is 6.42 Å². The van der Waals surface area contributed by atoms with Crippen molar-refractivity contribution in [1.82, 2.24) is 18.2 Å². The normalized spacial score (nSPS) is 26.5. The molecule has 0 saturated carbocycles. The van der Waals surface area contributed by atoms with Gasteiger partial charge in [0.05, 0.1) is 5.39 Å². The maximum absolute atomic E-state index is 12.9. The third-order valence-electron chi connectivity index (χ3n) is 4.58. The molecule has 0 N–H and O–H groups in total. The zero-order valence-electron chi connectivity index (χ0n) is 11.4. The van der Waals surface area contributed by atoms with Crippen LogP contribution in [-0.4, -0.2) is 44.4 Å². The van der Waals surface area contributed by atoms with Gasteiger partial charge >= 0.3 is 0 Å². The van der Waals surface area contributed by atoms with Crippen LogP contribution in [-0.2, 0) is 0 Å². The average Bonchev–Trinajstić information content (AvgIpc) is 3.07. The van der Waals surface area contributed by atoms with Gasteiger partial charge in [-0.2, -0.15) is 0 Å². The minimum absolute atomic E-state index is 0.167. The molecule has 4 rings (SSSR count). The van der Waals surface area contributed by atoms with E-state index in [2.05, 4.69) is 32.0 Å². The molecule has 0 radical (unpaired) electrons. The Morgan fingerprint density at radius 3 is 2.95 bits per heavy atom. The Labute approximate surface area is 132 Å². The van der Waals surface area contributed by atoms with Gasteiger partial charge in [-0.25, -0.2) is 13.9 Å². The monoisotopic (exact) mass is 325 g/mol. The molecule has 4 heterocycles. The fourth-order valence-electron chi connectivity index (χ4n) is 3.56. The summed E-state index contributed by atoms with van der Waals surface area (Å²) in [7, 11) is 0. The van der Waals surface area contributed by atoms with Crippen molar-refractivity contribution in [2.45, 2.75) is 6.42 Å². The molecule has 2 aliphatic rings. The molecule has 2 atom stereocenters. The first-order valence-electron chi connectivity index (χ1n) is 7.06. The molecule has 0 aliphatic carbocycles. The summed E-state index contributed by atoms with van der Waals surface area (Å²) in [5, 5.41) is 0.918. The summed E-state index contributed by atoms with van der Waals surface area (Å²) in [5.74, 6) is 2.30. The van der Waals surface area contributed by atoms with E-state index in [1.807, 2.05) is 6.07 Å². The van der Waals surface area contributed by atoms with Crippen molar-refractivity contribution < 1.29 is 3.89 Å². The molecule has 21 heavy (non-hydrogen) atoms. The lowest BCUT2D eigenvalue weighted by Gasteiger charge is -2.35.